The molecule has 48 heavy (non-hydrogen) atoms. The van der Waals surface area contributed by atoms with Gasteiger partial charge in [-0.05, 0) is 60.4 Å². The van der Waals surface area contributed by atoms with Crippen LogP contribution in [0, 0.1) is 23.7 Å². The molecule has 254 valence electrons. The minimum atomic E-state index is -0.462. The smallest absolute Gasteiger partial charge is 0.338 e. The Balaban J connectivity index is 1.46. The summed E-state index contributed by atoms with van der Waals surface area (Å²) < 4.78 is 41.8. The molecule has 3 aromatic rings. The van der Waals surface area contributed by atoms with Gasteiger partial charge in [0.05, 0.1) is 77.2 Å². The number of esters is 2. The molecule has 0 aliphatic carbocycles. The van der Waals surface area contributed by atoms with Crippen molar-refractivity contribution >= 4 is 11.9 Å². The lowest BCUT2D eigenvalue weighted by molar-refractivity contribution is 0.00552. The van der Waals surface area contributed by atoms with Gasteiger partial charge in [-0.3, -0.25) is 0 Å². The van der Waals surface area contributed by atoms with Gasteiger partial charge in [0.1, 0.15) is 24.6 Å². The third-order valence-corrected chi connectivity index (χ3v) is 6.14. The van der Waals surface area contributed by atoms with Crippen LogP contribution < -0.4 is 0 Å². The van der Waals surface area contributed by atoms with Crippen LogP contribution in [-0.2, 0) is 37.9 Å². The quantitative estimate of drug-likeness (QED) is 0.101. The minimum absolute atomic E-state index is 0.126. The highest BCUT2D eigenvalue weighted by molar-refractivity contribution is 5.90. The maximum absolute atomic E-state index is 12.5. The summed E-state index contributed by atoms with van der Waals surface area (Å²) in [6.45, 7) is 4.56. The van der Waals surface area contributed by atoms with E-state index < -0.39 is 11.9 Å². The summed E-state index contributed by atoms with van der Waals surface area (Å²) in [4.78, 5) is 29.4. The Morgan fingerprint density at radius 3 is 1.29 bits per heavy atom. The number of aromatic nitrogens is 1. The van der Waals surface area contributed by atoms with E-state index in [1.807, 2.05) is 6.07 Å². The molecule has 0 bridgehead atoms. The summed E-state index contributed by atoms with van der Waals surface area (Å²) in [6, 6.07) is 19.1. The van der Waals surface area contributed by atoms with E-state index >= 15 is 0 Å². The number of hydrogen-bond acceptors (Lipinski definition) is 11. The van der Waals surface area contributed by atoms with Crippen LogP contribution in [-0.4, -0.2) is 110 Å². The molecule has 0 fully saturated rings. The zero-order valence-electron chi connectivity index (χ0n) is 27.4. The highest BCUT2D eigenvalue weighted by Crippen LogP contribution is 2.08. The van der Waals surface area contributed by atoms with Gasteiger partial charge >= 0.3 is 11.9 Å². The highest BCUT2D eigenvalue weighted by Gasteiger charge is 2.08. The summed E-state index contributed by atoms with van der Waals surface area (Å²) in [5, 5.41) is 0. The van der Waals surface area contributed by atoms with Crippen LogP contribution in [0.2, 0.25) is 0 Å². The molecule has 0 N–H and O–H groups in total. The van der Waals surface area contributed by atoms with Crippen molar-refractivity contribution in [3.05, 3.63) is 100 Å². The molecule has 0 saturated carbocycles. The maximum Gasteiger partial charge on any atom is 0.338 e. The monoisotopic (exact) mass is 659 g/mol. The van der Waals surface area contributed by atoms with Crippen LogP contribution in [0.1, 0.15) is 43.2 Å². The van der Waals surface area contributed by atoms with Gasteiger partial charge in [0.2, 0.25) is 0 Å². The van der Waals surface area contributed by atoms with E-state index in [0.717, 1.165) is 0 Å². The largest absolute Gasteiger partial charge is 0.460 e. The lowest BCUT2D eigenvalue weighted by atomic mass is 10.1. The normalized spacial score (nSPS) is 10.4. The fourth-order valence-electron chi connectivity index (χ4n) is 3.78. The molecule has 1 heterocycles. The number of pyridine rings is 1. The number of benzene rings is 2. The molecule has 1 aromatic heterocycles. The van der Waals surface area contributed by atoms with E-state index in [9.17, 15) is 9.59 Å². The van der Waals surface area contributed by atoms with Crippen LogP contribution in [0.5, 0.6) is 0 Å². The van der Waals surface area contributed by atoms with Gasteiger partial charge in [-0.15, -0.1) is 0 Å². The predicted octanol–water partition coefficient (Wildman–Crippen LogP) is 3.55. The Morgan fingerprint density at radius 2 is 0.875 bits per heavy atom. The Bertz CT molecular complexity index is 1430. The molecule has 0 atom stereocenters. The van der Waals surface area contributed by atoms with Gasteiger partial charge in [0, 0.05) is 25.3 Å². The number of ether oxygens (including phenoxy) is 8. The van der Waals surface area contributed by atoms with Gasteiger partial charge in [-0.2, -0.15) is 0 Å². The average Bonchev–Trinajstić information content (AvgIpc) is 3.12. The van der Waals surface area contributed by atoms with Crippen molar-refractivity contribution in [2.24, 2.45) is 0 Å². The van der Waals surface area contributed by atoms with Crippen LogP contribution in [0.25, 0.3) is 0 Å². The van der Waals surface area contributed by atoms with Crippen molar-refractivity contribution < 1.29 is 47.5 Å². The number of hydrogen-bond donors (Lipinski definition) is 0. The van der Waals surface area contributed by atoms with Crippen LogP contribution in [0.3, 0.4) is 0 Å². The summed E-state index contributed by atoms with van der Waals surface area (Å²) in [7, 11) is 3.22. The average molecular weight is 660 g/mol. The third kappa shape index (κ3) is 15.8. The van der Waals surface area contributed by atoms with Gasteiger partial charge in [0.25, 0.3) is 0 Å². The Labute approximate surface area is 281 Å². The number of methoxy groups -OCH3 is 2. The number of nitrogens with zero attached hydrogens (tertiary/aromatic N) is 1. The predicted molar refractivity (Wildman–Crippen MR) is 177 cm³/mol. The molecular weight excluding hydrogens is 618 g/mol. The summed E-state index contributed by atoms with van der Waals surface area (Å²) in [5.41, 5.74) is 3.06. The SMILES string of the molecule is COCCOCCOCCOC(=O)c1cccc(C#Cc2cccc(C#Cc3cccc(C(=O)OCCOCCOCCOC)c3)n2)c1. The minimum Gasteiger partial charge on any atom is -0.460 e. The first-order valence-electron chi connectivity index (χ1n) is 15.4. The zero-order chi connectivity index (χ0) is 34.1. The summed E-state index contributed by atoms with van der Waals surface area (Å²) >= 11 is 0. The number of rotatable bonds is 20. The first kappa shape index (κ1) is 37.9. The summed E-state index contributed by atoms with van der Waals surface area (Å²) in [5.74, 6) is 11.2. The first-order valence-corrected chi connectivity index (χ1v) is 15.4. The van der Waals surface area contributed by atoms with Gasteiger partial charge in [-0.25, -0.2) is 14.6 Å². The second-order valence-electron chi connectivity index (χ2n) is 9.78. The van der Waals surface area contributed by atoms with E-state index in [2.05, 4.69) is 28.7 Å². The van der Waals surface area contributed by atoms with Crippen LogP contribution >= 0.6 is 0 Å². The van der Waals surface area contributed by atoms with Gasteiger partial charge in [0.15, 0.2) is 0 Å². The molecule has 0 unspecified atom stereocenters. The van der Waals surface area contributed by atoms with Crippen molar-refractivity contribution in [1.29, 1.82) is 0 Å². The van der Waals surface area contributed by atoms with Gasteiger partial charge in [-0.1, -0.05) is 30.0 Å². The number of carbonyl (C=O) groups is 2. The first-order chi connectivity index (χ1) is 23.6. The molecule has 3 rings (SSSR count). The van der Waals surface area contributed by atoms with E-state index in [1.54, 1.807) is 74.9 Å². The molecule has 0 saturated heterocycles. The fraction of sp³-hybridized carbons (Fsp3) is 0.378. The molecule has 0 spiro atoms. The molecule has 0 aliphatic heterocycles. The van der Waals surface area contributed by atoms with Crippen LogP contribution in [0.4, 0.5) is 0 Å². The molecule has 11 heteroatoms. The van der Waals surface area contributed by atoms with Crippen molar-refractivity contribution in [2.45, 2.75) is 0 Å². The Kier molecular flexibility index (Phi) is 18.7. The van der Waals surface area contributed by atoms with Crippen molar-refractivity contribution in [3.8, 4) is 23.7 Å². The molecular formula is C37H41NO10. The zero-order valence-corrected chi connectivity index (χ0v) is 27.4. The maximum atomic E-state index is 12.5. The van der Waals surface area contributed by atoms with Crippen molar-refractivity contribution in [1.82, 2.24) is 4.98 Å². The highest BCUT2D eigenvalue weighted by atomic mass is 16.6. The molecule has 0 radical (unpaired) electrons. The number of carbonyl (C=O) groups excluding carboxylic acids is 2. The molecule has 2 aromatic carbocycles. The second kappa shape index (κ2) is 23.7. The van der Waals surface area contributed by atoms with E-state index in [-0.39, 0.29) is 26.4 Å². The molecule has 0 aliphatic rings. The third-order valence-electron chi connectivity index (χ3n) is 6.14. The van der Waals surface area contributed by atoms with E-state index in [0.29, 0.717) is 86.5 Å². The lowest BCUT2D eigenvalue weighted by Crippen LogP contribution is -2.14. The Hall–Kier alpha value is -4.59. The molecule has 11 nitrogen and oxygen atoms in total. The molecule has 0 amide bonds. The van der Waals surface area contributed by atoms with Crippen molar-refractivity contribution in [3.63, 3.8) is 0 Å². The summed E-state index contributed by atoms with van der Waals surface area (Å²) in [6.07, 6.45) is 0. The Morgan fingerprint density at radius 1 is 0.500 bits per heavy atom. The van der Waals surface area contributed by atoms with Crippen LogP contribution in [0.15, 0.2) is 66.7 Å². The second-order valence-corrected chi connectivity index (χ2v) is 9.78. The standard InChI is InChI=1S/C37H41NO10/c1-41-16-18-43-20-22-45-24-26-47-36(39)32-8-3-6-30(28-32)12-14-34-10-5-11-35(38-34)15-13-31-7-4-9-33(29-31)37(40)48-27-25-46-23-21-44-19-17-42-2/h3-11,28-29H,16-27H2,1-2H3. The van der Waals surface area contributed by atoms with E-state index in [4.69, 9.17) is 37.9 Å². The lowest BCUT2D eigenvalue weighted by Gasteiger charge is -2.07. The van der Waals surface area contributed by atoms with Gasteiger partial charge < -0.3 is 37.9 Å². The fourth-order valence-corrected chi connectivity index (χ4v) is 3.78. The topological polar surface area (TPSA) is 121 Å². The van der Waals surface area contributed by atoms with E-state index in [1.165, 1.54) is 0 Å². The van der Waals surface area contributed by atoms with Crippen molar-refractivity contribution in [2.75, 3.05) is 93.5 Å².